The molecule has 0 aliphatic carbocycles. The third-order valence-corrected chi connectivity index (χ3v) is 7.59. The number of para-hydroxylation sites is 1. The van der Waals surface area contributed by atoms with Crippen LogP contribution < -0.4 is 14.4 Å². The highest BCUT2D eigenvalue weighted by Crippen LogP contribution is 2.27. The maximum absolute atomic E-state index is 13.9. The number of anilines is 1. The highest BCUT2D eigenvalue weighted by Gasteiger charge is 2.29. The molecule has 0 bridgehead atoms. The number of benzene rings is 3. The Morgan fingerprint density at radius 3 is 2.34 bits per heavy atom. The largest absolute Gasteiger partial charge is 0.457 e. The van der Waals surface area contributed by atoms with Crippen molar-refractivity contribution >= 4 is 45.0 Å². The molecule has 3 aromatic carbocycles. The summed E-state index contributed by atoms with van der Waals surface area (Å²) in [6.07, 6.45) is 1.05. The van der Waals surface area contributed by atoms with Crippen LogP contribution in [-0.2, 0) is 20.6 Å². The van der Waals surface area contributed by atoms with Crippen molar-refractivity contribution in [3.05, 3.63) is 89.2 Å². The number of hydrogen-bond acceptors (Lipinski definition) is 5. The molecule has 186 valence electrons. The van der Waals surface area contributed by atoms with Gasteiger partial charge in [-0.15, -0.1) is 0 Å². The predicted molar refractivity (Wildman–Crippen MR) is 140 cm³/mol. The van der Waals surface area contributed by atoms with Gasteiger partial charge in [0.05, 0.1) is 11.9 Å². The monoisotopic (exact) mass is 536 g/mol. The van der Waals surface area contributed by atoms with E-state index in [1.165, 1.54) is 24.8 Å². The average molecular weight is 537 g/mol. The highest BCUT2D eigenvalue weighted by atomic mass is 35.5. The van der Waals surface area contributed by atoms with E-state index in [9.17, 15) is 17.6 Å². The van der Waals surface area contributed by atoms with E-state index >= 15 is 0 Å². The number of ether oxygens (including phenoxy) is 1. The summed E-state index contributed by atoms with van der Waals surface area (Å²) in [5.74, 6) is 1.26. The minimum absolute atomic E-state index is 0.293. The number of nitrogens with zero attached hydrogens (tertiary/aromatic N) is 1. The quantitative estimate of drug-likeness (QED) is 0.329. The number of amides is 1. The van der Waals surface area contributed by atoms with Crippen LogP contribution in [0.3, 0.4) is 0 Å². The number of carbonyl (C=O) groups is 1. The standard InChI is InChI=1S/C25H26ClFN2O4S2/c1-18(25(30)28-15-16-34-17-22-23(26)9-6-10-24(22)27)29(35(2,31)32)19-11-13-21(14-12-19)33-20-7-4-3-5-8-20/h3-14,18H,15-17H2,1-2H3,(H,28,30)/t18-/m1/s1. The first-order valence-electron chi connectivity index (χ1n) is 10.8. The normalized spacial score (nSPS) is 12.1. The van der Waals surface area contributed by atoms with Gasteiger partial charge >= 0.3 is 0 Å². The molecule has 0 fully saturated rings. The summed E-state index contributed by atoms with van der Waals surface area (Å²) in [4.78, 5) is 12.7. The molecule has 1 amide bonds. The number of rotatable bonds is 11. The molecule has 0 spiro atoms. The van der Waals surface area contributed by atoms with E-state index in [-0.39, 0.29) is 5.82 Å². The fourth-order valence-electron chi connectivity index (χ4n) is 3.33. The summed E-state index contributed by atoms with van der Waals surface area (Å²) in [7, 11) is -3.74. The molecule has 3 rings (SSSR count). The van der Waals surface area contributed by atoms with Crippen LogP contribution in [0.1, 0.15) is 12.5 Å². The Kier molecular flexibility index (Phi) is 9.42. The lowest BCUT2D eigenvalue weighted by molar-refractivity contribution is -0.121. The lowest BCUT2D eigenvalue weighted by Gasteiger charge is -2.28. The number of hydrogen-bond donors (Lipinski definition) is 1. The maximum atomic E-state index is 13.9. The second-order valence-corrected chi connectivity index (χ2v) is 11.1. The lowest BCUT2D eigenvalue weighted by Crippen LogP contribution is -2.48. The van der Waals surface area contributed by atoms with Crippen LogP contribution in [-0.4, -0.2) is 38.9 Å². The van der Waals surface area contributed by atoms with Gasteiger partial charge in [-0.3, -0.25) is 9.10 Å². The molecule has 1 N–H and O–H groups in total. The third kappa shape index (κ3) is 7.62. The minimum atomic E-state index is -3.74. The van der Waals surface area contributed by atoms with Gasteiger partial charge in [0.1, 0.15) is 23.4 Å². The van der Waals surface area contributed by atoms with Crippen molar-refractivity contribution in [3.63, 3.8) is 0 Å². The molecule has 3 aromatic rings. The molecule has 1 atom stereocenters. The third-order valence-electron chi connectivity index (χ3n) is 5.01. The molecule has 0 unspecified atom stereocenters. The van der Waals surface area contributed by atoms with E-state index in [4.69, 9.17) is 16.3 Å². The van der Waals surface area contributed by atoms with Crippen molar-refractivity contribution in [3.8, 4) is 11.5 Å². The number of sulfonamides is 1. The number of carbonyl (C=O) groups excluding carboxylic acids is 1. The van der Waals surface area contributed by atoms with Gasteiger partial charge in [0.25, 0.3) is 0 Å². The Morgan fingerprint density at radius 1 is 1.06 bits per heavy atom. The molecule has 0 saturated heterocycles. The fraction of sp³-hybridized carbons (Fsp3) is 0.240. The Morgan fingerprint density at radius 2 is 1.71 bits per heavy atom. The first kappa shape index (κ1) is 26.8. The maximum Gasteiger partial charge on any atom is 0.243 e. The lowest BCUT2D eigenvalue weighted by atomic mass is 10.2. The molecule has 0 radical (unpaired) electrons. The van der Waals surface area contributed by atoms with Crippen LogP contribution in [0.5, 0.6) is 11.5 Å². The summed E-state index contributed by atoms with van der Waals surface area (Å²) in [5, 5.41) is 3.11. The van der Waals surface area contributed by atoms with E-state index in [1.807, 2.05) is 30.3 Å². The van der Waals surface area contributed by atoms with Gasteiger partial charge in [0.15, 0.2) is 0 Å². The van der Waals surface area contributed by atoms with Crippen LogP contribution in [0.4, 0.5) is 10.1 Å². The van der Waals surface area contributed by atoms with Gasteiger partial charge < -0.3 is 10.1 Å². The smallest absolute Gasteiger partial charge is 0.243 e. The van der Waals surface area contributed by atoms with E-state index in [2.05, 4.69) is 5.32 Å². The number of thioether (sulfide) groups is 1. The summed E-state index contributed by atoms with van der Waals surface area (Å²) < 4.78 is 45.7. The Hall–Kier alpha value is -2.75. The molecule has 6 nitrogen and oxygen atoms in total. The van der Waals surface area contributed by atoms with Gasteiger partial charge in [-0.05, 0) is 55.5 Å². The van der Waals surface area contributed by atoms with Crippen molar-refractivity contribution in [1.82, 2.24) is 5.32 Å². The molecular weight excluding hydrogens is 511 g/mol. The van der Waals surface area contributed by atoms with Crippen LogP contribution in [0, 0.1) is 5.82 Å². The fourth-order valence-corrected chi connectivity index (χ4v) is 5.71. The summed E-state index contributed by atoms with van der Waals surface area (Å²) in [6.45, 7) is 1.82. The molecule has 35 heavy (non-hydrogen) atoms. The zero-order valence-electron chi connectivity index (χ0n) is 19.3. The average Bonchev–Trinajstić information content (AvgIpc) is 2.81. The molecule has 0 saturated carbocycles. The molecule has 0 aromatic heterocycles. The van der Waals surface area contributed by atoms with Crippen LogP contribution in [0.2, 0.25) is 5.02 Å². The van der Waals surface area contributed by atoms with Gasteiger partial charge in [-0.25, -0.2) is 12.8 Å². The van der Waals surface area contributed by atoms with Crippen molar-refractivity contribution in [2.24, 2.45) is 0 Å². The van der Waals surface area contributed by atoms with Gasteiger partial charge in [0.2, 0.25) is 15.9 Å². The first-order valence-corrected chi connectivity index (χ1v) is 14.2. The second-order valence-electron chi connectivity index (χ2n) is 7.69. The SMILES string of the molecule is C[C@H](C(=O)NCCSCc1c(F)cccc1Cl)N(c1ccc(Oc2ccccc2)cc1)S(C)(=O)=O. The van der Waals surface area contributed by atoms with Gasteiger partial charge in [0, 0.05) is 28.6 Å². The van der Waals surface area contributed by atoms with Crippen LogP contribution in [0.25, 0.3) is 0 Å². The van der Waals surface area contributed by atoms with E-state index in [0.29, 0.717) is 45.8 Å². The van der Waals surface area contributed by atoms with E-state index < -0.39 is 22.0 Å². The van der Waals surface area contributed by atoms with Crippen LogP contribution >= 0.6 is 23.4 Å². The van der Waals surface area contributed by atoms with Crippen molar-refractivity contribution in [1.29, 1.82) is 0 Å². The van der Waals surface area contributed by atoms with E-state index in [0.717, 1.165) is 10.6 Å². The topological polar surface area (TPSA) is 75.7 Å². The summed E-state index contributed by atoms with van der Waals surface area (Å²) in [6, 6.07) is 19.2. The summed E-state index contributed by atoms with van der Waals surface area (Å²) >= 11 is 7.44. The molecule has 0 aliphatic rings. The van der Waals surface area contributed by atoms with Crippen molar-refractivity contribution in [2.45, 2.75) is 18.7 Å². The molecule has 0 heterocycles. The van der Waals surface area contributed by atoms with Crippen LogP contribution in [0.15, 0.2) is 72.8 Å². The summed E-state index contributed by atoms with van der Waals surface area (Å²) in [5.41, 5.74) is 0.765. The highest BCUT2D eigenvalue weighted by molar-refractivity contribution is 7.98. The van der Waals surface area contributed by atoms with Crippen molar-refractivity contribution < 1.29 is 22.3 Å². The Balaban J connectivity index is 1.58. The molecular formula is C25H26ClFN2O4S2. The molecule has 10 heteroatoms. The Labute approximate surface area is 214 Å². The zero-order chi connectivity index (χ0) is 25.4. The van der Waals surface area contributed by atoms with Gasteiger partial charge in [-0.1, -0.05) is 35.9 Å². The predicted octanol–water partition coefficient (Wildman–Crippen LogP) is 5.48. The Bertz CT molecular complexity index is 1220. The minimum Gasteiger partial charge on any atom is -0.457 e. The second kappa shape index (κ2) is 12.3. The molecule has 0 aliphatic heterocycles. The number of nitrogens with one attached hydrogen (secondary N) is 1. The van der Waals surface area contributed by atoms with E-state index in [1.54, 1.807) is 36.4 Å². The number of halogens is 2. The van der Waals surface area contributed by atoms with Gasteiger partial charge in [-0.2, -0.15) is 11.8 Å². The first-order chi connectivity index (χ1) is 16.7. The zero-order valence-corrected chi connectivity index (χ0v) is 21.7. The van der Waals surface area contributed by atoms with Crippen molar-refractivity contribution in [2.75, 3.05) is 22.9 Å².